The van der Waals surface area contributed by atoms with Gasteiger partial charge in [0.15, 0.2) is 0 Å². The van der Waals surface area contributed by atoms with E-state index in [1.807, 2.05) is 14.0 Å². The third-order valence-electron chi connectivity index (χ3n) is 3.74. The summed E-state index contributed by atoms with van der Waals surface area (Å²) < 4.78 is 0. The summed E-state index contributed by atoms with van der Waals surface area (Å²) in [5, 5.41) is 5.74. The van der Waals surface area contributed by atoms with Gasteiger partial charge in [-0.1, -0.05) is 11.6 Å². The molecule has 1 heterocycles. The van der Waals surface area contributed by atoms with Crippen molar-refractivity contribution in [2.24, 2.45) is 0 Å². The molecule has 0 saturated carbocycles. The number of fused-ring (bicyclic) bond motifs is 1. The summed E-state index contributed by atoms with van der Waals surface area (Å²) >= 11 is 0. The smallest absolute Gasteiger partial charge is 0.262 e. The molecule has 1 unspecified atom stereocenters. The van der Waals surface area contributed by atoms with Gasteiger partial charge in [0, 0.05) is 6.54 Å². The van der Waals surface area contributed by atoms with Crippen LogP contribution in [0.25, 0.3) is 0 Å². The maximum absolute atomic E-state index is 12.4. The standard InChI is InChI=1S/C16H21N3O3/c1-10-5-6-12-13(9-10)16(22)19(15(12)21)11(2)14(20)18-8-4-7-17-3/h5-6,9,11,17H,4,7-8H2,1-3H3,(H,18,20). The zero-order chi connectivity index (χ0) is 16.3. The quantitative estimate of drug-likeness (QED) is 0.599. The van der Waals surface area contributed by atoms with E-state index in [2.05, 4.69) is 10.6 Å². The van der Waals surface area contributed by atoms with Crippen LogP contribution < -0.4 is 10.6 Å². The Kier molecular flexibility index (Phi) is 4.92. The molecule has 6 nitrogen and oxygen atoms in total. The highest BCUT2D eigenvalue weighted by atomic mass is 16.2. The highest BCUT2D eigenvalue weighted by Gasteiger charge is 2.40. The topological polar surface area (TPSA) is 78.5 Å². The molecule has 0 radical (unpaired) electrons. The zero-order valence-electron chi connectivity index (χ0n) is 13.1. The Morgan fingerprint density at radius 2 is 1.86 bits per heavy atom. The Bertz CT molecular complexity index is 613. The minimum Gasteiger partial charge on any atom is -0.354 e. The van der Waals surface area contributed by atoms with E-state index < -0.39 is 17.9 Å². The van der Waals surface area contributed by atoms with Crippen molar-refractivity contribution in [3.63, 3.8) is 0 Å². The van der Waals surface area contributed by atoms with Crippen LogP contribution >= 0.6 is 0 Å². The van der Waals surface area contributed by atoms with Crippen LogP contribution in [0.4, 0.5) is 0 Å². The van der Waals surface area contributed by atoms with Crippen molar-refractivity contribution in [1.29, 1.82) is 0 Å². The van der Waals surface area contributed by atoms with E-state index in [-0.39, 0.29) is 5.91 Å². The van der Waals surface area contributed by atoms with Crippen molar-refractivity contribution in [3.05, 3.63) is 34.9 Å². The second-order valence-corrected chi connectivity index (χ2v) is 5.45. The van der Waals surface area contributed by atoms with Crippen LogP contribution in [-0.2, 0) is 4.79 Å². The molecule has 2 N–H and O–H groups in total. The zero-order valence-corrected chi connectivity index (χ0v) is 13.1. The van der Waals surface area contributed by atoms with Gasteiger partial charge in [0.05, 0.1) is 11.1 Å². The lowest BCUT2D eigenvalue weighted by Gasteiger charge is -2.21. The van der Waals surface area contributed by atoms with Gasteiger partial charge in [-0.15, -0.1) is 0 Å². The summed E-state index contributed by atoms with van der Waals surface area (Å²) in [6.45, 7) is 4.73. The predicted octanol–water partition coefficient (Wildman–Crippen LogP) is 0.705. The fourth-order valence-corrected chi connectivity index (χ4v) is 2.47. The van der Waals surface area contributed by atoms with E-state index in [0.29, 0.717) is 17.7 Å². The third kappa shape index (κ3) is 3.01. The number of nitrogens with zero attached hydrogens (tertiary/aromatic N) is 1. The molecule has 0 spiro atoms. The SMILES string of the molecule is CNCCCNC(=O)C(C)N1C(=O)c2ccc(C)cc2C1=O. The van der Waals surface area contributed by atoms with E-state index in [0.717, 1.165) is 23.4 Å². The summed E-state index contributed by atoms with van der Waals surface area (Å²) in [5.74, 6) is -1.12. The van der Waals surface area contributed by atoms with Crippen LogP contribution in [0.1, 0.15) is 39.6 Å². The Balaban J connectivity index is 2.08. The number of aryl methyl sites for hydroxylation is 1. The van der Waals surface area contributed by atoms with Gasteiger partial charge in [-0.05, 0) is 46.0 Å². The molecular weight excluding hydrogens is 282 g/mol. The first-order valence-corrected chi connectivity index (χ1v) is 7.38. The third-order valence-corrected chi connectivity index (χ3v) is 3.74. The second kappa shape index (κ2) is 6.70. The largest absolute Gasteiger partial charge is 0.354 e. The molecule has 1 aliphatic heterocycles. The highest BCUT2D eigenvalue weighted by molar-refractivity contribution is 6.22. The molecule has 1 aromatic rings. The summed E-state index contributed by atoms with van der Waals surface area (Å²) in [4.78, 5) is 37.9. The molecule has 1 atom stereocenters. The van der Waals surface area contributed by atoms with Gasteiger partial charge in [-0.25, -0.2) is 0 Å². The first kappa shape index (κ1) is 16.2. The molecule has 1 aliphatic rings. The molecular formula is C16H21N3O3. The van der Waals surface area contributed by atoms with Crippen LogP contribution in [0.2, 0.25) is 0 Å². The lowest BCUT2D eigenvalue weighted by Crippen LogP contribution is -2.48. The summed E-state index contributed by atoms with van der Waals surface area (Å²) in [6.07, 6.45) is 0.788. The van der Waals surface area contributed by atoms with Crippen molar-refractivity contribution in [3.8, 4) is 0 Å². The maximum atomic E-state index is 12.4. The molecule has 118 valence electrons. The number of nitrogens with one attached hydrogen (secondary N) is 2. The number of imide groups is 1. The monoisotopic (exact) mass is 303 g/mol. The predicted molar refractivity (Wildman–Crippen MR) is 82.7 cm³/mol. The van der Waals surface area contributed by atoms with Crippen molar-refractivity contribution in [1.82, 2.24) is 15.5 Å². The molecule has 3 amide bonds. The molecule has 22 heavy (non-hydrogen) atoms. The number of benzene rings is 1. The summed E-state index contributed by atoms with van der Waals surface area (Å²) in [6, 6.07) is 4.30. The second-order valence-electron chi connectivity index (χ2n) is 5.45. The lowest BCUT2D eigenvalue weighted by molar-refractivity contribution is -0.124. The fourth-order valence-electron chi connectivity index (χ4n) is 2.47. The van der Waals surface area contributed by atoms with E-state index in [9.17, 15) is 14.4 Å². The minimum absolute atomic E-state index is 0.317. The first-order chi connectivity index (χ1) is 10.5. The molecule has 0 aromatic heterocycles. The summed E-state index contributed by atoms with van der Waals surface area (Å²) in [5.41, 5.74) is 1.65. The number of carbonyl (C=O) groups is 3. The first-order valence-electron chi connectivity index (χ1n) is 7.38. The summed E-state index contributed by atoms with van der Waals surface area (Å²) in [7, 11) is 1.84. The van der Waals surface area contributed by atoms with Crippen molar-refractivity contribution in [2.45, 2.75) is 26.3 Å². The van der Waals surface area contributed by atoms with Crippen LogP contribution in [0.15, 0.2) is 18.2 Å². The van der Waals surface area contributed by atoms with Gasteiger partial charge in [0.2, 0.25) is 5.91 Å². The van der Waals surface area contributed by atoms with Crippen molar-refractivity contribution in [2.75, 3.05) is 20.1 Å². The van der Waals surface area contributed by atoms with Crippen LogP contribution in [0.5, 0.6) is 0 Å². The fraction of sp³-hybridized carbons (Fsp3) is 0.438. The highest BCUT2D eigenvalue weighted by Crippen LogP contribution is 2.25. The van der Waals surface area contributed by atoms with E-state index in [1.165, 1.54) is 0 Å². The van der Waals surface area contributed by atoms with E-state index >= 15 is 0 Å². The van der Waals surface area contributed by atoms with Gasteiger partial charge in [-0.2, -0.15) is 0 Å². The Labute approximate surface area is 129 Å². The lowest BCUT2D eigenvalue weighted by atomic mass is 10.1. The van der Waals surface area contributed by atoms with Gasteiger partial charge in [0.25, 0.3) is 11.8 Å². The number of hydrogen-bond acceptors (Lipinski definition) is 4. The number of amides is 3. The van der Waals surface area contributed by atoms with Gasteiger partial charge >= 0.3 is 0 Å². The molecule has 0 bridgehead atoms. The van der Waals surface area contributed by atoms with E-state index in [1.54, 1.807) is 25.1 Å². The normalized spacial score (nSPS) is 15.0. The Hall–Kier alpha value is -2.21. The van der Waals surface area contributed by atoms with Gasteiger partial charge in [0.1, 0.15) is 6.04 Å². The average Bonchev–Trinajstić information content (AvgIpc) is 2.74. The molecule has 6 heteroatoms. The molecule has 0 aliphatic carbocycles. The molecule has 0 fully saturated rings. The van der Waals surface area contributed by atoms with Crippen molar-refractivity contribution >= 4 is 17.7 Å². The average molecular weight is 303 g/mol. The minimum atomic E-state index is -0.817. The van der Waals surface area contributed by atoms with Crippen LogP contribution in [0.3, 0.4) is 0 Å². The van der Waals surface area contributed by atoms with Crippen molar-refractivity contribution < 1.29 is 14.4 Å². The molecule has 2 rings (SSSR count). The van der Waals surface area contributed by atoms with E-state index in [4.69, 9.17) is 0 Å². The maximum Gasteiger partial charge on any atom is 0.262 e. The number of hydrogen-bond donors (Lipinski definition) is 2. The van der Waals surface area contributed by atoms with Gasteiger partial charge < -0.3 is 10.6 Å². The number of carbonyl (C=O) groups excluding carboxylic acids is 3. The number of rotatable bonds is 6. The molecule has 0 saturated heterocycles. The van der Waals surface area contributed by atoms with Crippen LogP contribution in [-0.4, -0.2) is 48.8 Å². The Morgan fingerprint density at radius 3 is 2.55 bits per heavy atom. The van der Waals surface area contributed by atoms with Crippen LogP contribution in [0, 0.1) is 6.92 Å². The Morgan fingerprint density at radius 1 is 1.18 bits per heavy atom. The molecule has 1 aromatic carbocycles. The van der Waals surface area contributed by atoms with Gasteiger partial charge in [-0.3, -0.25) is 19.3 Å².